The van der Waals surface area contributed by atoms with E-state index in [-0.39, 0.29) is 41.8 Å². The molecule has 2 aliphatic heterocycles. The number of amides is 2. The Morgan fingerprint density at radius 2 is 1.83 bits per heavy atom. The van der Waals surface area contributed by atoms with Crippen LogP contribution in [0.4, 0.5) is 17.6 Å². The molecule has 2 heterocycles. The van der Waals surface area contributed by atoms with Crippen LogP contribution in [-0.4, -0.2) is 41.2 Å². The second-order valence-corrected chi connectivity index (χ2v) is 9.76. The molecule has 3 unspecified atom stereocenters. The first-order valence-corrected chi connectivity index (χ1v) is 12.0. The van der Waals surface area contributed by atoms with Gasteiger partial charge in [0.25, 0.3) is 0 Å². The van der Waals surface area contributed by atoms with Crippen LogP contribution in [0.3, 0.4) is 0 Å². The molecule has 2 amide bonds. The van der Waals surface area contributed by atoms with Gasteiger partial charge >= 0.3 is 6.18 Å². The van der Waals surface area contributed by atoms with E-state index in [9.17, 15) is 27.2 Å². The predicted molar refractivity (Wildman–Crippen MR) is 124 cm³/mol. The van der Waals surface area contributed by atoms with Crippen molar-refractivity contribution in [2.45, 2.75) is 63.7 Å². The van der Waals surface area contributed by atoms with E-state index in [1.54, 1.807) is 0 Å². The van der Waals surface area contributed by atoms with Crippen molar-refractivity contribution in [3.63, 3.8) is 0 Å². The number of carbonyl (C=O) groups excluding carboxylic acids is 2. The van der Waals surface area contributed by atoms with Crippen molar-refractivity contribution >= 4 is 11.8 Å². The molecule has 2 fully saturated rings. The molecule has 4 nitrogen and oxygen atoms in total. The first kappa shape index (κ1) is 25.2. The van der Waals surface area contributed by atoms with Gasteiger partial charge in [-0.15, -0.1) is 0 Å². The third kappa shape index (κ3) is 5.52. The van der Waals surface area contributed by atoms with Crippen LogP contribution in [0.15, 0.2) is 42.5 Å². The minimum absolute atomic E-state index is 0.0894. The van der Waals surface area contributed by atoms with E-state index in [1.807, 2.05) is 17.0 Å². The van der Waals surface area contributed by atoms with Crippen LogP contribution in [0.2, 0.25) is 0 Å². The molecule has 0 saturated carbocycles. The average Bonchev–Trinajstić information content (AvgIpc) is 3.13. The average molecular weight is 491 g/mol. The van der Waals surface area contributed by atoms with Crippen molar-refractivity contribution < 1.29 is 27.2 Å². The molecule has 0 aliphatic carbocycles. The molecule has 0 spiro atoms. The van der Waals surface area contributed by atoms with Gasteiger partial charge in [-0.1, -0.05) is 24.3 Å². The van der Waals surface area contributed by atoms with Crippen LogP contribution < -0.4 is 0 Å². The number of hydrogen-bond donors (Lipinski definition) is 0. The van der Waals surface area contributed by atoms with Gasteiger partial charge in [0, 0.05) is 44.4 Å². The maximum atomic E-state index is 13.8. The second kappa shape index (κ2) is 9.99. The SMILES string of the molecule is Cc1ccccc1C1CCC(C(=O)N(C)Cc2cc(F)cc(C(F)(F)F)c2)CCN2C(=O)CCC12. The lowest BCUT2D eigenvalue weighted by atomic mass is 9.80. The Kier molecular flexibility index (Phi) is 7.20. The molecule has 2 aromatic rings. The zero-order valence-electron chi connectivity index (χ0n) is 19.9. The summed E-state index contributed by atoms with van der Waals surface area (Å²) in [5.74, 6) is -1.31. The summed E-state index contributed by atoms with van der Waals surface area (Å²) in [7, 11) is 1.53. The smallest absolute Gasteiger partial charge is 0.341 e. The summed E-state index contributed by atoms with van der Waals surface area (Å²) >= 11 is 0. The molecule has 0 N–H and O–H groups in total. The molecule has 0 radical (unpaired) electrons. The number of benzene rings is 2. The van der Waals surface area contributed by atoms with Gasteiger partial charge in [0.2, 0.25) is 11.8 Å². The van der Waals surface area contributed by atoms with Gasteiger partial charge < -0.3 is 9.80 Å². The van der Waals surface area contributed by atoms with Gasteiger partial charge in [0.1, 0.15) is 5.82 Å². The van der Waals surface area contributed by atoms with E-state index in [0.717, 1.165) is 30.5 Å². The molecule has 35 heavy (non-hydrogen) atoms. The Hall–Kier alpha value is -2.90. The van der Waals surface area contributed by atoms with E-state index in [4.69, 9.17) is 0 Å². The van der Waals surface area contributed by atoms with Crippen molar-refractivity contribution in [3.05, 3.63) is 70.5 Å². The van der Waals surface area contributed by atoms with Gasteiger partial charge in [-0.25, -0.2) is 4.39 Å². The molecular weight excluding hydrogens is 460 g/mol. The van der Waals surface area contributed by atoms with Gasteiger partial charge in [-0.2, -0.15) is 13.2 Å². The third-order valence-electron chi connectivity index (χ3n) is 7.40. The maximum absolute atomic E-state index is 13.8. The third-order valence-corrected chi connectivity index (χ3v) is 7.40. The van der Waals surface area contributed by atoms with E-state index >= 15 is 0 Å². The number of fused-ring (bicyclic) bond motifs is 1. The van der Waals surface area contributed by atoms with Crippen LogP contribution in [0.1, 0.15) is 60.3 Å². The summed E-state index contributed by atoms with van der Waals surface area (Å²) in [6.45, 7) is 2.41. The van der Waals surface area contributed by atoms with Crippen molar-refractivity contribution in [2.24, 2.45) is 5.92 Å². The summed E-state index contributed by atoms with van der Waals surface area (Å²) in [5.41, 5.74) is 1.37. The van der Waals surface area contributed by atoms with Crippen molar-refractivity contribution in [1.29, 1.82) is 0 Å². The molecule has 0 aromatic heterocycles. The first-order valence-electron chi connectivity index (χ1n) is 12.0. The van der Waals surface area contributed by atoms with Crippen molar-refractivity contribution in [3.8, 4) is 0 Å². The highest BCUT2D eigenvalue weighted by Gasteiger charge is 2.40. The molecule has 0 bridgehead atoms. The molecular formula is C27H30F4N2O2. The van der Waals surface area contributed by atoms with E-state index in [0.29, 0.717) is 31.9 Å². The molecule has 2 aromatic carbocycles. The molecule has 3 atom stereocenters. The minimum Gasteiger partial charge on any atom is -0.341 e. The van der Waals surface area contributed by atoms with Crippen LogP contribution in [0, 0.1) is 18.7 Å². The minimum atomic E-state index is -4.66. The summed E-state index contributed by atoms with van der Waals surface area (Å²) in [6, 6.07) is 10.6. The van der Waals surface area contributed by atoms with Gasteiger partial charge in [-0.05, 0) is 67.5 Å². The summed E-state index contributed by atoms with van der Waals surface area (Å²) < 4.78 is 53.1. The number of alkyl halides is 3. The topological polar surface area (TPSA) is 40.6 Å². The number of carbonyl (C=O) groups is 2. The Balaban J connectivity index is 1.52. The lowest BCUT2D eigenvalue weighted by Gasteiger charge is -2.37. The Labute approximate surface area is 202 Å². The number of aryl methyl sites for hydroxylation is 1. The van der Waals surface area contributed by atoms with Crippen LogP contribution in [0.5, 0.6) is 0 Å². The standard InChI is InChI=1S/C27H30F4N2O2/c1-17-5-3-4-6-22(17)23-8-7-19(11-12-33-24(23)9-10-25(33)34)26(35)32(2)16-18-13-20(27(29,30)31)15-21(28)14-18/h3-6,13-15,19,23-24H,7-12,16H2,1-2H3. The van der Waals surface area contributed by atoms with E-state index < -0.39 is 17.6 Å². The molecule has 2 aliphatic rings. The van der Waals surface area contributed by atoms with Gasteiger partial charge in [0.15, 0.2) is 0 Å². The normalized spacial score (nSPS) is 23.0. The highest BCUT2D eigenvalue weighted by Crippen LogP contribution is 2.40. The van der Waals surface area contributed by atoms with Crippen molar-refractivity contribution in [1.82, 2.24) is 9.80 Å². The van der Waals surface area contributed by atoms with Crippen molar-refractivity contribution in [2.75, 3.05) is 13.6 Å². The molecule has 2 saturated heterocycles. The van der Waals surface area contributed by atoms with Crippen LogP contribution in [-0.2, 0) is 22.3 Å². The number of halogens is 4. The Bertz CT molecular complexity index is 1100. The monoisotopic (exact) mass is 490 g/mol. The lowest BCUT2D eigenvalue weighted by Crippen LogP contribution is -2.43. The zero-order valence-corrected chi connectivity index (χ0v) is 19.9. The summed E-state index contributed by atoms with van der Waals surface area (Å²) in [5, 5.41) is 0. The predicted octanol–water partition coefficient (Wildman–Crippen LogP) is 5.69. The fraction of sp³-hybridized carbons (Fsp3) is 0.481. The largest absolute Gasteiger partial charge is 0.416 e. The maximum Gasteiger partial charge on any atom is 0.416 e. The van der Waals surface area contributed by atoms with Crippen LogP contribution in [0.25, 0.3) is 0 Å². The molecule has 8 heteroatoms. The van der Waals surface area contributed by atoms with Crippen LogP contribution >= 0.6 is 0 Å². The van der Waals surface area contributed by atoms with E-state index in [1.165, 1.54) is 17.5 Å². The number of nitrogens with zero attached hydrogens (tertiary/aromatic N) is 2. The fourth-order valence-corrected chi connectivity index (χ4v) is 5.66. The number of hydrogen-bond acceptors (Lipinski definition) is 2. The molecule has 188 valence electrons. The van der Waals surface area contributed by atoms with Gasteiger partial charge in [-0.3, -0.25) is 9.59 Å². The Morgan fingerprint density at radius 3 is 2.54 bits per heavy atom. The molecule has 4 rings (SSSR count). The lowest BCUT2D eigenvalue weighted by molar-refractivity contribution is -0.138. The fourth-order valence-electron chi connectivity index (χ4n) is 5.66. The second-order valence-electron chi connectivity index (χ2n) is 9.76. The Morgan fingerprint density at radius 1 is 1.09 bits per heavy atom. The highest BCUT2D eigenvalue weighted by atomic mass is 19.4. The van der Waals surface area contributed by atoms with Gasteiger partial charge in [0.05, 0.1) is 5.56 Å². The summed E-state index contributed by atoms with van der Waals surface area (Å²) in [6.07, 6.45) is -1.49. The number of rotatable bonds is 4. The highest BCUT2D eigenvalue weighted by molar-refractivity contribution is 5.80. The summed E-state index contributed by atoms with van der Waals surface area (Å²) in [4.78, 5) is 29.2. The van der Waals surface area contributed by atoms with E-state index in [2.05, 4.69) is 19.1 Å². The quantitative estimate of drug-likeness (QED) is 0.517. The first-order chi connectivity index (χ1) is 16.5. The zero-order chi connectivity index (χ0) is 25.3.